The smallest absolute Gasteiger partial charge is 0.261 e. The topological polar surface area (TPSA) is 97.1 Å². The summed E-state index contributed by atoms with van der Waals surface area (Å²) < 4.78 is 1.29. The van der Waals surface area contributed by atoms with Gasteiger partial charge in [-0.2, -0.15) is 0 Å². The summed E-state index contributed by atoms with van der Waals surface area (Å²) in [7, 11) is 0. The van der Waals surface area contributed by atoms with Gasteiger partial charge >= 0.3 is 0 Å². The van der Waals surface area contributed by atoms with Crippen LogP contribution in [0, 0.1) is 6.92 Å². The first-order valence-electron chi connectivity index (χ1n) is 8.37. The molecule has 0 spiro atoms. The van der Waals surface area contributed by atoms with Crippen LogP contribution in [0.1, 0.15) is 5.82 Å². The molecule has 134 valence electrons. The van der Waals surface area contributed by atoms with Crippen LogP contribution in [0.15, 0.2) is 59.5 Å². The minimum atomic E-state index is -0.372. The highest BCUT2D eigenvalue weighted by molar-refractivity contribution is 6.00. The molecule has 4 aromatic rings. The van der Waals surface area contributed by atoms with Gasteiger partial charge in [0.2, 0.25) is 5.91 Å². The summed E-state index contributed by atoms with van der Waals surface area (Å²) in [5.41, 5.74) is 1.50. The second-order valence-corrected chi connectivity index (χ2v) is 6.18. The number of carbonyl (C=O) groups is 1. The molecule has 0 saturated heterocycles. The van der Waals surface area contributed by atoms with E-state index in [1.165, 1.54) is 16.7 Å². The zero-order valence-electron chi connectivity index (χ0n) is 14.5. The van der Waals surface area contributed by atoms with E-state index < -0.39 is 0 Å². The number of aromatic hydroxyl groups is 1. The first kappa shape index (κ1) is 16.7. The minimum Gasteiger partial charge on any atom is -0.508 e. The van der Waals surface area contributed by atoms with Gasteiger partial charge in [0, 0.05) is 11.6 Å². The largest absolute Gasteiger partial charge is 0.508 e. The lowest BCUT2D eigenvalue weighted by Crippen LogP contribution is -2.30. The second kappa shape index (κ2) is 6.53. The summed E-state index contributed by atoms with van der Waals surface area (Å²) in [5, 5.41) is 13.5. The average molecular weight is 360 g/mol. The van der Waals surface area contributed by atoms with E-state index in [0.29, 0.717) is 17.0 Å². The van der Waals surface area contributed by atoms with Gasteiger partial charge in [-0.15, -0.1) is 0 Å². The summed E-state index contributed by atoms with van der Waals surface area (Å²) in [4.78, 5) is 33.9. The Morgan fingerprint density at radius 3 is 2.81 bits per heavy atom. The van der Waals surface area contributed by atoms with Crippen LogP contribution >= 0.6 is 0 Å². The van der Waals surface area contributed by atoms with Gasteiger partial charge in [-0.1, -0.05) is 6.07 Å². The van der Waals surface area contributed by atoms with Crippen molar-refractivity contribution >= 4 is 33.4 Å². The first-order chi connectivity index (χ1) is 13.0. The lowest BCUT2D eigenvalue weighted by Gasteiger charge is -2.12. The number of nitrogens with zero attached hydrogens (tertiary/aromatic N) is 3. The van der Waals surface area contributed by atoms with E-state index in [9.17, 15) is 14.7 Å². The van der Waals surface area contributed by atoms with Gasteiger partial charge in [0.05, 0.1) is 22.1 Å². The summed E-state index contributed by atoms with van der Waals surface area (Å²) in [6, 6.07) is 13.5. The number of aryl methyl sites for hydroxylation is 1. The maximum Gasteiger partial charge on any atom is 0.261 e. The molecular formula is C20H16N4O3. The van der Waals surface area contributed by atoms with Crippen molar-refractivity contribution in [3.63, 3.8) is 0 Å². The Labute approximate surface area is 153 Å². The molecule has 4 rings (SSSR count). The number of nitrogens with one attached hydrogen (secondary N) is 1. The van der Waals surface area contributed by atoms with Crippen molar-refractivity contribution in [2.75, 3.05) is 5.32 Å². The lowest BCUT2D eigenvalue weighted by molar-refractivity contribution is -0.116. The van der Waals surface area contributed by atoms with E-state index in [2.05, 4.69) is 15.3 Å². The van der Waals surface area contributed by atoms with Gasteiger partial charge in [-0.3, -0.25) is 19.1 Å². The van der Waals surface area contributed by atoms with Crippen molar-refractivity contribution in [1.29, 1.82) is 0 Å². The van der Waals surface area contributed by atoms with E-state index in [-0.39, 0.29) is 29.1 Å². The average Bonchev–Trinajstić information content (AvgIpc) is 2.66. The van der Waals surface area contributed by atoms with Crippen LogP contribution < -0.4 is 10.9 Å². The molecule has 0 unspecified atom stereocenters. The second-order valence-electron chi connectivity index (χ2n) is 6.18. The molecule has 0 saturated carbocycles. The first-order valence-corrected chi connectivity index (χ1v) is 8.37. The van der Waals surface area contributed by atoms with Crippen LogP contribution in [0.2, 0.25) is 0 Å². The number of anilines is 1. The van der Waals surface area contributed by atoms with Gasteiger partial charge in [-0.25, -0.2) is 4.98 Å². The molecule has 2 aromatic heterocycles. The number of amides is 1. The summed E-state index contributed by atoms with van der Waals surface area (Å²) >= 11 is 0. The van der Waals surface area contributed by atoms with Crippen LogP contribution in [0.3, 0.4) is 0 Å². The highest BCUT2D eigenvalue weighted by atomic mass is 16.3. The summed E-state index contributed by atoms with van der Waals surface area (Å²) in [6.45, 7) is 1.49. The molecule has 0 fully saturated rings. The fourth-order valence-electron chi connectivity index (χ4n) is 3.05. The third-order valence-electron chi connectivity index (χ3n) is 4.35. The normalized spacial score (nSPS) is 11.0. The van der Waals surface area contributed by atoms with E-state index >= 15 is 0 Å². The Hall–Kier alpha value is -3.74. The third-order valence-corrected chi connectivity index (χ3v) is 4.35. The number of rotatable bonds is 3. The van der Waals surface area contributed by atoms with Crippen LogP contribution in [0.4, 0.5) is 5.69 Å². The molecule has 27 heavy (non-hydrogen) atoms. The molecule has 2 N–H and O–H groups in total. The van der Waals surface area contributed by atoms with E-state index in [4.69, 9.17) is 0 Å². The Balaban J connectivity index is 1.68. The molecule has 7 nitrogen and oxygen atoms in total. The number of phenolic OH excluding ortho intramolecular Hbond substituents is 1. The molecule has 7 heteroatoms. The van der Waals surface area contributed by atoms with Crippen LogP contribution in [0.25, 0.3) is 21.8 Å². The molecule has 0 aliphatic heterocycles. The number of pyridine rings is 1. The molecule has 0 aliphatic carbocycles. The molecule has 1 amide bonds. The van der Waals surface area contributed by atoms with E-state index in [1.807, 2.05) is 18.2 Å². The molecule has 0 radical (unpaired) electrons. The fraction of sp³-hybridized carbons (Fsp3) is 0.100. The quantitative estimate of drug-likeness (QED) is 0.585. The van der Waals surface area contributed by atoms with Gasteiger partial charge in [0.25, 0.3) is 5.56 Å². The van der Waals surface area contributed by atoms with Crippen LogP contribution in [-0.4, -0.2) is 25.5 Å². The highest BCUT2D eigenvalue weighted by Gasteiger charge is 2.13. The number of carbonyl (C=O) groups excluding carboxylic acids is 1. The molecule has 2 aromatic carbocycles. The van der Waals surface area contributed by atoms with Crippen LogP contribution in [-0.2, 0) is 11.3 Å². The third kappa shape index (κ3) is 3.10. The number of fused-ring (bicyclic) bond motifs is 2. The summed E-state index contributed by atoms with van der Waals surface area (Å²) in [5.74, 6) is 0.0512. The van der Waals surface area contributed by atoms with Crippen LogP contribution in [0.5, 0.6) is 5.75 Å². The van der Waals surface area contributed by atoms with E-state index in [0.717, 1.165) is 10.9 Å². The van der Waals surface area contributed by atoms with Crippen molar-refractivity contribution in [3.05, 3.63) is 70.9 Å². The number of hydrogen-bond acceptors (Lipinski definition) is 5. The fourth-order valence-corrected chi connectivity index (χ4v) is 3.05. The molecule has 0 atom stereocenters. The van der Waals surface area contributed by atoms with Crippen molar-refractivity contribution in [2.45, 2.75) is 13.5 Å². The van der Waals surface area contributed by atoms with Gasteiger partial charge in [0.1, 0.15) is 18.1 Å². The van der Waals surface area contributed by atoms with Gasteiger partial charge in [0.15, 0.2) is 0 Å². The predicted octanol–water partition coefficient (Wildman–Crippen LogP) is 2.60. The van der Waals surface area contributed by atoms with Crippen molar-refractivity contribution in [1.82, 2.24) is 14.5 Å². The summed E-state index contributed by atoms with van der Waals surface area (Å²) in [6.07, 6.45) is 1.69. The predicted molar refractivity (Wildman–Crippen MR) is 103 cm³/mol. The van der Waals surface area contributed by atoms with Gasteiger partial charge in [-0.05, 0) is 49.4 Å². The van der Waals surface area contributed by atoms with Gasteiger partial charge < -0.3 is 10.4 Å². The Morgan fingerprint density at radius 2 is 1.96 bits per heavy atom. The minimum absolute atomic E-state index is 0.0236. The van der Waals surface area contributed by atoms with Crippen molar-refractivity contribution in [2.24, 2.45) is 0 Å². The lowest BCUT2D eigenvalue weighted by atomic mass is 10.2. The SMILES string of the molecule is Cc1nc2ccc(O)cc2c(=O)n1CC(=O)Nc1cccc2ncccc12. The molecule has 2 heterocycles. The maximum absolute atomic E-state index is 12.7. The molecular weight excluding hydrogens is 344 g/mol. The number of aromatic nitrogens is 3. The number of phenols is 1. The van der Waals surface area contributed by atoms with Crippen molar-refractivity contribution < 1.29 is 9.90 Å². The monoisotopic (exact) mass is 360 g/mol. The molecule has 0 bridgehead atoms. The molecule has 0 aliphatic rings. The maximum atomic E-state index is 12.7. The Bertz CT molecular complexity index is 1240. The zero-order valence-corrected chi connectivity index (χ0v) is 14.5. The Kier molecular flexibility index (Phi) is 4.04. The number of hydrogen-bond donors (Lipinski definition) is 2. The Morgan fingerprint density at radius 1 is 1.11 bits per heavy atom. The zero-order chi connectivity index (χ0) is 19.0. The number of benzene rings is 2. The standard InChI is InChI=1S/C20H16N4O3/c1-12-22-18-8-7-13(25)10-15(18)20(27)24(12)11-19(26)23-17-6-2-5-16-14(17)4-3-9-21-16/h2-10,25H,11H2,1H3,(H,23,26). The van der Waals surface area contributed by atoms with Crippen molar-refractivity contribution in [3.8, 4) is 5.75 Å². The van der Waals surface area contributed by atoms with E-state index in [1.54, 1.807) is 31.3 Å². The highest BCUT2D eigenvalue weighted by Crippen LogP contribution is 2.21.